The number of carbonyl (C=O) groups is 2. The third-order valence-electron chi connectivity index (χ3n) is 2.10. The fourth-order valence-electron chi connectivity index (χ4n) is 1.12. The fraction of sp³-hybridized carbons (Fsp3) is 0.778. The van der Waals surface area contributed by atoms with E-state index in [0.717, 1.165) is 12.8 Å². The summed E-state index contributed by atoms with van der Waals surface area (Å²) in [5.74, 6) is -0.534. The Morgan fingerprint density at radius 3 is 2.33 bits per heavy atom. The number of hydrogen-bond donors (Lipinski definition) is 4. The summed E-state index contributed by atoms with van der Waals surface area (Å²) in [7, 11) is 8.00. The van der Waals surface area contributed by atoms with Crippen LogP contribution < -0.4 is 21.1 Å². The van der Waals surface area contributed by atoms with Crippen LogP contribution in [0.2, 0.25) is 0 Å². The molecule has 0 aliphatic carbocycles. The molecule has 6 nitrogen and oxygen atoms in total. The third-order valence-corrected chi connectivity index (χ3v) is 2.70. The summed E-state index contributed by atoms with van der Waals surface area (Å²) in [4.78, 5) is 22.2. The number of primary amides is 1. The average Bonchev–Trinajstić information content (AvgIpc) is 2.37. The molecule has 0 saturated heterocycles. The number of carbonyl (C=O) groups excluding carboxylic acids is 2. The minimum atomic E-state index is -0.491. The van der Waals surface area contributed by atoms with E-state index in [9.17, 15) is 9.59 Å². The SMILES string of the molecule is NCCCCNC(=O)CCC(N[Se])C(N)=O.[B][B]. The smallest absolute Gasteiger partial charge is 0 e. The molecule has 0 aliphatic rings. The van der Waals surface area contributed by atoms with Gasteiger partial charge in [0, 0.05) is 15.5 Å². The number of rotatable bonds is 9. The molecular formula is C9H19B2N4O2Se. The Bertz CT molecular complexity index is 235. The van der Waals surface area contributed by atoms with Gasteiger partial charge in [-0.1, -0.05) is 0 Å². The van der Waals surface area contributed by atoms with Crippen LogP contribution in [0.3, 0.4) is 0 Å². The van der Waals surface area contributed by atoms with Crippen molar-refractivity contribution in [2.24, 2.45) is 11.5 Å². The maximum Gasteiger partial charge on any atom is 0 e. The van der Waals surface area contributed by atoms with Gasteiger partial charge in [-0.2, -0.15) is 0 Å². The van der Waals surface area contributed by atoms with Crippen molar-refractivity contribution in [2.75, 3.05) is 13.1 Å². The minimum Gasteiger partial charge on any atom is 0 e. The first kappa shape index (κ1) is 19.8. The third kappa shape index (κ3) is 12.0. The number of amides is 2. The molecule has 2 amide bonds. The zero-order valence-corrected chi connectivity index (χ0v) is 12.1. The van der Waals surface area contributed by atoms with Crippen molar-refractivity contribution in [1.82, 2.24) is 9.65 Å². The van der Waals surface area contributed by atoms with Gasteiger partial charge in [-0.05, 0) is 0 Å². The largest absolute Gasteiger partial charge is 0 e. The normalized spacial score (nSPS) is 11.0. The molecule has 0 spiro atoms. The molecule has 1 unspecified atom stereocenters. The molecule has 0 aliphatic heterocycles. The maximum absolute atomic E-state index is 11.3. The van der Waals surface area contributed by atoms with E-state index >= 15 is 0 Å². The Morgan fingerprint density at radius 1 is 1.28 bits per heavy atom. The van der Waals surface area contributed by atoms with Crippen LogP contribution in [0.4, 0.5) is 0 Å². The van der Waals surface area contributed by atoms with Gasteiger partial charge in [-0.3, -0.25) is 0 Å². The number of hydrogen-bond acceptors (Lipinski definition) is 4. The number of unbranched alkanes of at least 4 members (excludes halogenated alkanes) is 1. The van der Waals surface area contributed by atoms with Crippen molar-refractivity contribution < 1.29 is 9.59 Å². The van der Waals surface area contributed by atoms with Crippen molar-refractivity contribution in [3.05, 3.63) is 0 Å². The Labute approximate surface area is 119 Å². The molecular weight excluding hydrogens is 297 g/mol. The molecule has 0 aromatic heterocycles. The van der Waals surface area contributed by atoms with Crippen molar-refractivity contribution in [3.63, 3.8) is 0 Å². The second kappa shape index (κ2) is 14.6. The van der Waals surface area contributed by atoms with Crippen LogP contribution in [0.1, 0.15) is 25.7 Å². The first-order valence-electron chi connectivity index (χ1n) is 5.59. The Morgan fingerprint density at radius 2 is 1.89 bits per heavy atom. The first-order valence-corrected chi connectivity index (χ1v) is 6.44. The Balaban J connectivity index is 0. The summed E-state index contributed by atoms with van der Waals surface area (Å²) in [5, 5.41) is 2.75. The second-order valence-electron chi connectivity index (χ2n) is 3.46. The van der Waals surface area contributed by atoms with E-state index in [0.29, 0.717) is 19.5 Å². The second-order valence-corrected chi connectivity index (χ2v) is 3.95. The summed E-state index contributed by atoms with van der Waals surface area (Å²) in [6, 6.07) is -0.491. The van der Waals surface area contributed by atoms with Crippen molar-refractivity contribution in [3.8, 4) is 0 Å². The number of nitrogens with one attached hydrogen (secondary N) is 2. The van der Waals surface area contributed by atoms with E-state index in [1.165, 1.54) is 0 Å². The van der Waals surface area contributed by atoms with Crippen LogP contribution in [0, 0.1) is 0 Å². The van der Waals surface area contributed by atoms with Crippen LogP contribution in [-0.2, 0) is 9.59 Å². The fourth-order valence-corrected chi connectivity index (χ4v) is 1.61. The molecule has 6 N–H and O–H groups in total. The predicted molar refractivity (Wildman–Crippen MR) is 73.9 cm³/mol. The number of nitrogens with two attached hydrogens (primary N) is 2. The molecule has 1 atom stereocenters. The van der Waals surface area contributed by atoms with E-state index in [-0.39, 0.29) is 12.3 Å². The summed E-state index contributed by atoms with van der Waals surface area (Å²) in [6.45, 7) is 1.26. The van der Waals surface area contributed by atoms with Gasteiger partial charge >= 0.3 is 104 Å². The molecule has 0 heterocycles. The van der Waals surface area contributed by atoms with Gasteiger partial charge in [0.05, 0.1) is 0 Å². The minimum absolute atomic E-state index is 0.0708. The predicted octanol–water partition coefficient (Wildman–Crippen LogP) is -2.61. The van der Waals surface area contributed by atoms with Crippen molar-refractivity contribution in [2.45, 2.75) is 31.7 Å². The van der Waals surface area contributed by atoms with Crippen LogP contribution in [0.15, 0.2) is 0 Å². The van der Waals surface area contributed by atoms with Gasteiger partial charge in [-0.25, -0.2) is 0 Å². The molecule has 0 fully saturated rings. The van der Waals surface area contributed by atoms with E-state index in [1.807, 2.05) is 0 Å². The zero-order valence-electron chi connectivity index (χ0n) is 10.4. The molecule has 5 radical (unpaired) electrons. The van der Waals surface area contributed by atoms with Crippen LogP contribution in [0.25, 0.3) is 0 Å². The van der Waals surface area contributed by atoms with E-state index in [4.69, 9.17) is 11.5 Å². The first-order chi connectivity index (χ1) is 8.61. The Hall–Kier alpha value is -0.491. The van der Waals surface area contributed by atoms with Gasteiger partial charge in [0.2, 0.25) is 0 Å². The Kier molecular flexibility index (Phi) is 16.1. The molecule has 18 heavy (non-hydrogen) atoms. The molecule has 0 aromatic carbocycles. The summed E-state index contributed by atoms with van der Waals surface area (Å²) in [5.41, 5.74) is 10.4. The van der Waals surface area contributed by atoms with Gasteiger partial charge < -0.3 is 0 Å². The van der Waals surface area contributed by atoms with Gasteiger partial charge in [0.1, 0.15) is 0 Å². The van der Waals surface area contributed by atoms with Gasteiger partial charge in [0.15, 0.2) is 0 Å². The van der Waals surface area contributed by atoms with Crippen LogP contribution >= 0.6 is 0 Å². The van der Waals surface area contributed by atoms with E-state index < -0.39 is 11.9 Å². The summed E-state index contributed by atoms with van der Waals surface area (Å²) < 4.78 is 2.64. The molecule has 0 bridgehead atoms. The topological polar surface area (TPSA) is 110 Å². The molecule has 99 valence electrons. The quantitative estimate of drug-likeness (QED) is 0.276. The van der Waals surface area contributed by atoms with Gasteiger partial charge in [0.25, 0.3) is 0 Å². The van der Waals surface area contributed by atoms with E-state index in [2.05, 4.69) is 41.4 Å². The van der Waals surface area contributed by atoms with Gasteiger partial charge in [-0.15, -0.1) is 0 Å². The van der Waals surface area contributed by atoms with Crippen LogP contribution in [0.5, 0.6) is 0 Å². The summed E-state index contributed by atoms with van der Waals surface area (Å²) in [6.07, 6.45) is 2.45. The average molecular weight is 316 g/mol. The molecule has 0 saturated carbocycles. The standard InChI is InChI=1S/C9H19N4O2Se.B2/c10-5-1-2-6-12-8(14)4-3-7(13-16)9(11)15;1-2/h7,13H,1-6,10H2,(H2,11,15)(H,12,14);. The van der Waals surface area contributed by atoms with Crippen molar-refractivity contribution in [1.29, 1.82) is 0 Å². The monoisotopic (exact) mass is 317 g/mol. The maximum atomic E-state index is 11.3. The molecule has 9 heteroatoms. The van der Waals surface area contributed by atoms with E-state index in [1.54, 1.807) is 0 Å². The molecule has 0 aromatic rings. The zero-order chi connectivity index (χ0) is 14.4. The molecule has 0 rings (SSSR count). The van der Waals surface area contributed by atoms with Crippen LogP contribution in [-0.4, -0.2) is 62.7 Å². The summed E-state index contributed by atoms with van der Waals surface area (Å²) >= 11 is 2.51. The van der Waals surface area contributed by atoms with Crippen molar-refractivity contribution >= 4 is 43.5 Å².